The Balaban J connectivity index is 1.02. The second-order valence-electron chi connectivity index (χ2n) is 11.9. The van der Waals surface area contributed by atoms with Crippen LogP contribution in [0.2, 0.25) is 0 Å². The van der Waals surface area contributed by atoms with Gasteiger partial charge >= 0.3 is 0 Å². The molecule has 3 aromatic heterocycles. The number of ether oxygens (including phenoxy) is 1. The van der Waals surface area contributed by atoms with E-state index in [-0.39, 0.29) is 0 Å². The lowest BCUT2D eigenvalue weighted by atomic mass is 9.87. The van der Waals surface area contributed by atoms with Crippen LogP contribution in [-0.4, -0.2) is 67.6 Å². The van der Waals surface area contributed by atoms with E-state index in [1.165, 1.54) is 64.5 Å². The fourth-order valence-corrected chi connectivity index (χ4v) is 6.85. The molecule has 2 saturated carbocycles. The quantitative estimate of drug-likeness (QED) is 0.496. The summed E-state index contributed by atoms with van der Waals surface area (Å²) in [5.41, 5.74) is 3.70. The highest BCUT2D eigenvalue weighted by atomic mass is 16.5. The standard InChI is InChI=1S/C28H40N8O/c1-34-13-6-24-25(34)26(30-20-2-4-22(5-3-20)35-14-11-28(9-10-28)12-15-35)33-27(32-24)31-21-18-29-36(19-21)23-7-16-37-17-8-23/h6,13,18-20,22-23H,2-5,7-12,14-17H2,1H3,(H2,30,31,32,33). The highest BCUT2D eigenvalue weighted by molar-refractivity contribution is 5.88. The molecule has 9 heteroatoms. The fourth-order valence-electron chi connectivity index (χ4n) is 6.85. The minimum Gasteiger partial charge on any atom is -0.381 e. The first kappa shape index (κ1) is 23.5. The van der Waals surface area contributed by atoms with Gasteiger partial charge in [0.2, 0.25) is 5.95 Å². The normalized spacial score (nSPS) is 26.5. The maximum absolute atomic E-state index is 5.50. The summed E-state index contributed by atoms with van der Waals surface area (Å²) < 4.78 is 9.67. The molecule has 0 bridgehead atoms. The summed E-state index contributed by atoms with van der Waals surface area (Å²) in [5.74, 6) is 1.54. The van der Waals surface area contributed by atoms with Crippen LogP contribution in [-0.2, 0) is 11.8 Å². The molecule has 198 valence electrons. The van der Waals surface area contributed by atoms with Crippen molar-refractivity contribution >= 4 is 28.5 Å². The first-order valence-corrected chi connectivity index (χ1v) is 14.4. The zero-order chi connectivity index (χ0) is 24.8. The summed E-state index contributed by atoms with van der Waals surface area (Å²) in [6.07, 6.45) is 18.8. The van der Waals surface area contributed by atoms with E-state index in [2.05, 4.69) is 55.4 Å². The molecule has 2 aliphatic carbocycles. The number of likely N-dealkylation sites (tertiary alicyclic amines) is 1. The molecular formula is C28H40N8O. The third-order valence-corrected chi connectivity index (χ3v) is 9.51. The number of fused-ring (bicyclic) bond motifs is 1. The summed E-state index contributed by atoms with van der Waals surface area (Å²) in [4.78, 5) is 12.6. The van der Waals surface area contributed by atoms with Crippen LogP contribution in [0.4, 0.5) is 17.5 Å². The van der Waals surface area contributed by atoms with Crippen molar-refractivity contribution in [1.29, 1.82) is 0 Å². The highest BCUT2D eigenvalue weighted by Gasteiger charge is 2.45. The average Bonchev–Trinajstić information content (AvgIpc) is 3.33. The minimum absolute atomic E-state index is 0.397. The largest absolute Gasteiger partial charge is 0.381 e. The molecule has 37 heavy (non-hydrogen) atoms. The Hall–Kier alpha value is -2.65. The predicted molar refractivity (Wildman–Crippen MR) is 145 cm³/mol. The number of hydrogen-bond acceptors (Lipinski definition) is 7. The first-order valence-electron chi connectivity index (χ1n) is 14.4. The molecule has 0 amide bonds. The predicted octanol–water partition coefficient (Wildman–Crippen LogP) is 4.86. The molecule has 2 aliphatic heterocycles. The van der Waals surface area contributed by atoms with Gasteiger partial charge in [0.1, 0.15) is 5.52 Å². The lowest BCUT2D eigenvalue weighted by Gasteiger charge is -2.41. The first-order chi connectivity index (χ1) is 18.1. The summed E-state index contributed by atoms with van der Waals surface area (Å²) in [5, 5.41) is 11.8. The van der Waals surface area contributed by atoms with Gasteiger partial charge in [-0.2, -0.15) is 10.1 Å². The van der Waals surface area contributed by atoms with Gasteiger partial charge in [0, 0.05) is 44.7 Å². The van der Waals surface area contributed by atoms with Crippen molar-refractivity contribution in [1.82, 2.24) is 29.2 Å². The van der Waals surface area contributed by atoms with E-state index < -0.39 is 0 Å². The van der Waals surface area contributed by atoms with Crippen molar-refractivity contribution in [3.8, 4) is 0 Å². The Kier molecular flexibility index (Phi) is 6.08. The van der Waals surface area contributed by atoms with E-state index in [0.717, 1.165) is 60.1 Å². The number of anilines is 3. The SMILES string of the molecule is Cn1ccc2nc(Nc3cnn(C4CCOCC4)c3)nc(NC3CCC(N4CCC5(CC4)CC5)CC3)c21. The highest BCUT2D eigenvalue weighted by Crippen LogP contribution is 2.54. The molecule has 1 spiro atoms. The lowest BCUT2D eigenvalue weighted by Crippen LogP contribution is -2.45. The zero-order valence-corrected chi connectivity index (χ0v) is 22.0. The average molecular weight is 505 g/mol. The van der Waals surface area contributed by atoms with Gasteiger partial charge in [-0.1, -0.05) is 0 Å². The van der Waals surface area contributed by atoms with Gasteiger partial charge in [-0.15, -0.1) is 0 Å². The molecule has 2 N–H and O–H groups in total. The molecule has 4 aliphatic rings. The van der Waals surface area contributed by atoms with Gasteiger partial charge in [0.25, 0.3) is 0 Å². The van der Waals surface area contributed by atoms with E-state index in [0.29, 0.717) is 18.0 Å². The smallest absolute Gasteiger partial charge is 0.229 e. The van der Waals surface area contributed by atoms with Crippen LogP contribution in [0.15, 0.2) is 24.7 Å². The van der Waals surface area contributed by atoms with Gasteiger partial charge in [-0.25, -0.2) is 4.98 Å². The van der Waals surface area contributed by atoms with Crippen molar-refractivity contribution in [2.24, 2.45) is 12.5 Å². The third-order valence-electron chi connectivity index (χ3n) is 9.51. The molecule has 0 atom stereocenters. The maximum Gasteiger partial charge on any atom is 0.229 e. The number of aromatic nitrogens is 5. The molecule has 5 heterocycles. The number of hydrogen-bond donors (Lipinski definition) is 2. The van der Waals surface area contributed by atoms with Gasteiger partial charge in [0.05, 0.1) is 23.4 Å². The van der Waals surface area contributed by atoms with E-state index in [1.54, 1.807) is 0 Å². The van der Waals surface area contributed by atoms with Crippen LogP contribution >= 0.6 is 0 Å². The van der Waals surface area contributed by atoms with E-state index in [1.807, 2.05) is 6.20 Å². The second kappa shape index (κ2) is 9.58. The van der Waals surface area contributed by atoms with Crippen LogP contribution in [0.5, 0.6) is 0 Å². The van der Waals surface area contributed by atoms with Crippen molar-refractivity contribution < 1.29 is 4.74 Å². The van der Waals surface area contributed by atoms with Gasteiger partial charge in [-0.3, -0.25) is 4.68 Å². The molecule has 0 radical (unpaired) electrons. The fraction of sp³-hybridized carbons (Fsp3) is 0.679. The number of rotatable bonds is 6. The Morgan fingerprint density at radius 2 is 1.73 bits per heavy atom. The second-order valence-corrected chi connectivity index (χ2v) is 11.9. The topological polar surface area (TPSA) is 85.1 Å². The Labute approximate surface area is 219 Å². The van der Waals surface area contributed by atoms with Crippen LogP contribution in [0, 0.1) is 5.41 Å². The molecule has 7 rings (SSSR count). The van der Waals surface area contributed by atoms with Crippen LogP contribution in [0.25, 0.3) is 11.0 Å². The van der Waals surface area contributed by atoms with E-state index >= 15 is 0 Å². The monoisotopic (exact) mass is 504 g/mol. The van der Waals surface area contributed by atoms with E-state index in [9.17, 15) is 0 Å². The van der Waals surface area contributed by atoms with Gasteiger partial charge in [-0.05, 0) is 88.8 Å². The zero-order valence-electron chi connectivity index (χ0n) is 22.0. The number of nitrogens with one attached hydrogen (secondary N) is 2. The van der Waals surface area contributed by atoms with E-state index in [4.69, 9.17) is 14.7 Å². The molecule has 2 saturated heterocycles. The Bertz CT molecular complexity index is 1220. The number of aryl methyl sites for hydroxylation is 1. The Morgan fingerprint density at radius 1 is 0.946 bits per heavy atom. The summed E-state index contributed by atoms with van der Waals surface area (Å²) in [6, 6.07) is 3.68. The van der Waals surface area contributed by atoms with Crippen molar-refractivity contribution in [2.45, 2.75) is 82.3 Å². The molecule has 9 nitrogen and oxygen atoms in total. The molecule has 3 aromatic rings. The van der Waals surface area contributed by atoms with Crippen LogP contribution in [0.3, 0.4) is 0 Å². The van der Waals surface area contributed by atoms with Gasteiger partial charge in [0.15, 0.2) is 5.82 Å². The molecular weight excluding hydrogens is 464 g/mol. The molecule has 0 unspecified atom stereocenters. The third kappa shape index (κ3) is 4.83. The van der Waals surface area contributed by atoms with Gasteiger partial charge < -0.3 is 24.8 Å². The number of nitrogens with zero attached hydrogens (tertiary/aromatic N) is 6. The Morgan fingerprint density at radius 3 is 2.49 bits per heavy atom. The van der Waals surface area contributed by atoms with Crippen molar-refractivity contribution in [2.75, 3.05) is 36.9 Å². The van der Waals surface area contributed by atoms with Crippen LogP contribution in [0.1, 0.15) is 70.3 Å². The number of piperidine rings is 1. The lowest BCUT2D eigenvalue weighted by molar-refractivity contribution is 0.0662. The summed E-state index contributed by atoms with van der Waals surface area (Å²) in [6.45, 7) is 4.24. The summed E-state index contributed by atoms with van der Waals surface area (Å²) in [7, 11) is 2.07. The van der Waals surface area contributed by atoms with Crippen molar-refractivity contribution in [3.63, 3.8) is 0 Å². The molecule has 0 aromatic carbocycles. The minimum atomic E-state index is 0.397. The van der Waals surface area contributed by atoms with Crippen molar-refractivity contribution in [3.05, 3.63) is 24.7 Å². The van der Waals surface area contributed by atoms with Crippen LogP contribution < -0.4 is 10.6 Å². The summed E-state index contributed by atoms with van der Waals surface area (Å²) >= 11 is 0. The molecule has 4 fully saturated rings. The maximum atomic E-state index is 5.50.